The van der Waals surface area contributed by atoms with Crippen LogP contribution in [0.4, 0.5) is 0 Å². The van der Waals surface area contributed by atoms with Crippen LogP contribution in [0.2, 0.25) is 0 Å². The number of esters is 1. The highest BCUT2D eigenvalue weighted by molar-refractivity contribution is 7.86. The second-order valence-electron chi connectivity index (χ2n) is 12.9. The third kappa shape index (κ3) is 3.42. The van der Waals surface area contributed by atoms with Crippen LogP contribution in [0, 0.1) is 47.8 Å². The molecule has 4 saturated carbocycles. The Morgan fingerprint density at radius 2 is 1.81 bits per heavy atom. The highest BCUT2D eigenvalue weighted by atomic mass is 32.2. The second kappa shape index (κ2) is 8.01. The van der Waals surface area contributed by atoms with E-state index >= 15 is 0 Å². The van der Waals surface area contributed by atoms with Crippen molar-refractivity contribution in [2.75, 3.05) is 6.61 Å². The van der Waals surface area contributed by atoms with Gasteiger partial charge in [0.15, 0.2) is 0 Å². The van der Waals surface area contributed by atoms with Gasteiger partial charge in [0.05, 0.1) is 11.5 Å². The van der Waals surface area contributed by atoms with Gasteiger partial charge in [0, 0.05) is 30.6 Å². The van der Waals surface area contributed by atoms with Crippen molar-refractivity contribution >= 4 is 21.9 Å². The van der Waals surface area contributed by atoms with Crippen LogP contribution in [0.5, 0.6) is 0 Å². The highest BCUT2D eigenvalue weighted by Crippen LogP contribution is 2.78. The van der Waals surface area contributed by atoms with Crippen LogP contribution < -0.4 is 0 Å². The van der Waals surface area contributed by atoms with E-state index in [4.69, 9.17) is 8.92 Å². The fraction of sp³-hybridized carbons (Fsp3) is 0.667. The number of ketones is 1. The number of hydrogen-bond acceptors (Lipinski definition) is 6. The first kappa shape index (κ1) is 24.1. The molecule has 0 aromatic heterocycles. The molecule has 1 saturated heterocycles. The van der Waals surface area contributed by atoms with Crippen molar-refractivity contribution in [3.63, 3.8) is 0 Å². The zero-order valence-electron chi connectivity index (χ0n) is 21.7. The summed E-state index contributed by atoms with van der Waals surface area (Å²) >= 11 is 0. The minimum atomic E-state index is -3.89. The van der Waals surface area contributed by atoms with E-state index in [9.17, 15) is 18.0 Å². The number of Topliss-reactive ketones (excluding diaryl/α,β-unsaturated/α-hetero) is 1. The fourth-order valence-electron chi connectivity index (χ4n) is 9.75. The summed E-state index contributed by atoms with van der Waals surface area (Å²) in [4.78, 5) is 25.0. The van der Waals surface area contributed by atoms with Gasteiger partial charge in [-0.2, -0.15) is 8.42 Å². The standard InChI is InChI=1S/C30H36O6S/c1-17-3-6-20(7-4-17)37(33,34)35-16-18-13-24-22(21-8-5-19(31)14-23(18)21)9-11-29(2)28(24)25-15-26(25)30(29)12-10-27(32)36-30/h3-4,6-7,21-22,24-26,28H,5,8-16H2,1-2H3/t21?,22?,24?,25?,26?,28?,29-,30-/m0/s1. The van der Waals surface area contributed by atoms with Crippen LogP contribution in [0.1, 0.15) is 70.3 Å². The lowest BCUT2D eigenvalue weighted by Crippen LogP contribution is -2.55. The lowest BCUT2D eigenvalue weighted by molar-refractivity contribution is -0.173. The molecule has 5 aliphatic carbocycles. The molecule has 6 unspecified atom stereocenters. The van der Waals surface area contributed by atoms with E-state index in [2.05, 4.69) is 6.92 Å². The van der Waals surface area contributed by atoms with Crippen LogP contribution in [-0.4, -0.2) is 32.4 Å². The first-order chi connectivity index (χ1) is 17.6. The van der Waals surface area contributed by atoms with E-state index in [-0.39, 0.29) is 34.3 Å². The zero-order valence-corrected chi connectivity index (χ0v) is 22.5. The smallest absolute Gasteiger partial charge is 0.306 e. The number of ether oxygens (including phenoxy) is 1. The normalized spacial score (nSPS) is 42.2. The molecule has 1 heterocycles. The molecular formula is C30H36O6S. The van der Waals surface area contributed by atoms with Gasteiger partial charge in [-0.25, -0.2) is 0 Å². The van der Waals surface area contributed by atoms with Crippen molar-refractivity contribution in [2.24, 2.45) is 40.9 Å². The number of carbonyl (C=O) groups excluding carboxylic acids is 2. The Hall–Kier alpha value is -1.99. The number of carbonyl (C=O) groups is 2. The van der Waals surface area contributed by atoms with E-state index in [1.165, 1.54) is 0 Å². The maximum Gasteiger partial charge on any atom is 0.306 e. The summed E-state index contributed by atoms with van der Waals surface area (Å²) in [5.74, 6) is 3.04. The number of aryl methyl sites for hydroxylation is 1. The maximum absolute atomic E-state index is 13.0. The van der Waals surface area contributed by atoms with Crippen molar-refractivity contribution in [3.05, 3.63) is 41.0 Å². The minimum Gasteiger partial charge on any atom is -0.458 e. The lowest BCUT2D eigenvalue weighted by Gasteiger charge is -2.57. The van der Waals surface area contributed by atoms with Gasteiger partial charge < -0.3 is 4.74 Å². The molecule has 5 fully saturated rings. The minimum absolute atomic E-state index is 0.0180. The predicted octanol–water partition coefficient (Wildman–Crippen LogP) is 5.14. The molecular weight excluding hydrogens is 488 g/mol. The van der Waals surface area contributed by atoms with Gasteiger partial charge in [0.2, 0.25) is 0 Å². The predicted molar refractivity (Wildman–Crippen MR) is 136 cm³/mol. The van der Waals surface area contributed by atoms with E-state index < -0.39 is 10.1 Å². The van der Waals surface area contributed by atoms with Gasteiger partial charge in [0.1, 0.15) is 11.4 Å². The zero-order chi connectivity index (χ0) is 25.7. The first-order valence-corrected chi connectivity index (χ1v) is 15.4. The third-order valence-electron chi connectivity index (χ3n) is 11.3. The molecule has 7 heteroatoms. The third-order valence-corrected chi connectivity index (χ3v) is 12.6. The Kier molecular flexibility index (Phi) is 5.21. The van der Waals surface area contributed by atoms with Crippen LogP contribution in [0.3, 0.4) is 0 Å². The molecule has 37 heavy (non-hydrogen) atoms. The SMILES string of the molecule is Cc1ccc(S(=O)(=O)OCC2=C3CC(=O)CCC3C3CC[C@@]4(C)C(C3C2)C2CC2[C@@]42CCC(=O)O2)cc1. The van der Waals surface area contributed by atoms with Crippen molar-refractivity contribution in [2.45, 2.75) is 82.1 Å². The van der Waals surface area contributed by atoms with Gasteiger partial charge in [-0.05, 0) is 92.7 Å². The molecule has 8 atom stereocenters. The van der Waals surface area contributed by atoms with Crippen LogP contribution in [-0.2, 0) is 28.6 Å². The Morgan fingerprint density at radius 1 is 1.03 bits per heavy atom. The number of rotatable bonds is 4. The fourth-order valence-corrected chi connectivity index (χ4v) is 10.6. The summed E-state index contributed by atoms with van der Waals surface area (Å²) in [6, 6.07) is 6.74. The molecule has 0 radical (unpaired) electrons. The van der Waals surface area contributed by atoms with Crippen LogP contribution in [0.25, 0.3) is 0 Å². The van der Waals surface area contributed by atoms with Crippen LogP contribution >= 0.6 is 0 Å². The summed E-state index contributed by atoms with van der Waals surface area (Å²) in [6.45, 7) is 4.32. The average Bonchev–Trinajstić information content (AvgIpc) is 3.50. The maximum atomic E-state index is 13.0. The van der Waals surface area contributed by atoms with Gasteiger partial charge in [-0.1, -0.05) is 30.2 Å². The molecule has 6 aliphatic rings. The van der Waals surface area contributed by atoms with Crippen molar-refractivity contribution in [1.29, 1.82) is 0 Å². The molecule has 1 aliphatic heterocycles. The number of allylic oxidation sites excluding steroid dienone is 1. The molecule has 1 aromatic rings. The van der Waals surface area contributed by atoms with Gasteiger partial charge in [-0.3, -0.25) is 13.8 Å². The molecule has 0 bridgehead atoms. The molecule has 6 nitrogen and oxygen atoms in total. The van der Waals surface area contributed by atoms with Gasteiger partial charge in [-0.15, -0.1) is 0 Å². The Labute approximate surface area is 219 Å². The monoisotopic (exact) mass is 524 g/mol. The van der Waals surface area contributed by atoms with Gasteiger partial charge in [0.25, 0.3) is 10.1 Å². The Morgan fingerprint density at radius 3 is 2.54 bits per heavy atom. The van der Waals surface area contributed by atoms with Crippen molar-refractivity contribution < 1.29 is 26.9 Å². The summed E-state index contributed by atoms with van der Waals surface area (Å²) in [5, 5.41) is 0. The van der Waals surface area contributed by atoms with E-state index in [0.717, 1.165) is 55.2 Å². The Balaban J connectivity index is 1.21. The molecule has 7 rings (SSSR count). The molecule has 0 amide bonds. The topological polar surface area (TPSA) is 86.7 Å². The highest BCUT2D eigenvalue weighted by Gasteiger charge is 2.78. The number of benzene rings is 1. The lowest BCUT2D eigenvalue weighted by atomic mass is 9.48. The average molecular weight is 525 g/mol. The largest absolute Gasteiger partial charge is 0.458 e. The molecule has 1 spiro atoms. The van der Waals surface area contributed by atoms with Crippen molar-refractivity contribution in [3.8, 4) is 0 Å². The number of hydrogen-bond donors (Lipinski definition) is 0. The van der Waals surface area contributed by atoms with Crippen LogP contribution in [0.15, 0.2) is 40.3 Å². The second-order valence-corrected chi connectivity index (χ2v) is 14.5. The van der Waals surface area contributed by atoms with Crippen molar-refractivity contribution in [1.82, 2.24) is 0 Å². The molecule has 198 valence electrons. The summed E-state index contributed by atoms with van der Waals surface area (Å²) < 4.78 is 37.9. The number of fused-ring (bicyclic) bond motifs is 9. The Bertz CT molecular complexity index is 1310. The van der Waals surface area contributed by atoms with E-state index in [1.54, 1.807) is 24.3 Å². The first-order valence-electron chi connectivity index (χ1n) is 14.0. The summed E-state index contributed by atoms with van der Waals surface area (Å²) in [6.07, 6.45) is 7.39. The van der Waals surface area contributed by atoms with Gasteiger partial charge >= 0.3 is 5.97 Å². The quantitative estimate of drug-likeness (QED) is 0.308. The summed E-state index contributed by atoms with van der Waals surface area (Å²) in [7, 11) is -3.89. The van der Waals surface area contributed by atoms with E-state index in [0.29, 0.717) is 54.8 Å². The molecule has 1 aromatic carbocycles. The molecule has 0 N–H and O–H groups in total. The summed E-state index contributed by atoms with van der Waals surface area (Å²) in [5.41, 5.74) is 2.86. The van der Waals surface area contributed by atoms with E-state index in [1.807, 2.05) is 6.92 Å².